The number of aryl methyl sites for hydroxylation is 1. The number of rotatable bonds is 3. The van der Waals surface area contributed by atoms with E-state index in [1.807, 2.05) is 24.0 Å². The summed E-state index contributed by atoms with van der Waals surface area (Å²) in [4.78, 5) is 6.39. The fraction of sp³-hybridized carbons (Fsp3) is 0.583. The summed E-state index contributed by atoms with van der Waals surface area (Å²) in [6.07, 6.45) is -1.30. The van der Waals surface area contributed by atoms with Crippen LogP contribution in [-0.4, -0.2) is 52.5 Å². The van der Waals surface area contributed by atoms with E-state index >= 15 is 0 Å². The minimum Gasteiger partial charge on any atom is -0.497 e. The molecule has 1 aromatic heterocycles. The Morgan fingerprint density at radius 3 is 2.59 bits per heavy atom. The molecule has 0 aromatic carbocycles. The number of methoxy groups -OCH3 is 1. The van der Waals surface area contributed by atoms with E-state index in [1.54, 1.807) is 7.11 Å². The Morgan fingerprint density at radius 2 is 2.00 bits per heavy atom. The summed E-state index contributed by atoms with van der Waals surface area (Å²) < 4.78 is 5.19. The standard InChI is InChI=1S/C12H18N2O3/c1-8-3-10(17-2)4-9(13-8)5-14-6-11(15)12(16)7-14/h3-4,11-12,15-16H,5-7H2,1-2H3/t11-,12+. The summed E-state index contributed by atoms with van der Waals surface area (Å²) in [7, 11) is 1.63. The van der Waals surface area contributed by atoms with Crippen LogP contribution < -0.4 is 4.74 Å². The lowest BCUT2D eigenvalue weighted by atomic mass is 10.3. The van der Waals surface area contributed by atoms with Gasteiger partial charge in [0, 0.05) is 37.5 Å². The minimum atomic E-state index is -0.651. The number of aliphatic hydroxyl groups is 2. The molecule has 1 aliphatic rings. The first kappa shape index (κ1) is 12.3. The van der Waals surface area contributed by atoms with Gasteiger partial charge in [-0.15, -0.1) is 0 Å². The first-order chi connectivity index (χ1) is 8.08. The second-order valence-corrected chi connectivity index (χ2v) is 4.47. The van der Waals surface area contributed by atoms with Crippen LogP contribution in [0.25, 0.3) is 0 Å². The van der Waals surface area contributed by atoms with Gasteiger partial charge in [0.15, 0.2) is 0 Å². The predicted octanol–water partition coefficient (Wildman–Crippen LogP) is -0.0640. The third kappa shape index (κ3) is 2.94. The first-order valence-corrected chi connectivity index (χ1v) is 5.68. The van der Waals surface area contributed by atoms with Crippen LogP contribution in [-0.2, 0) is 6.54 Å². The van der Waals surface area contributed by atoms with E-state index in [4.69, 9.17) is 4.74 Å². The van der Waals surface area contributed by atoms with E-state index < -0.39 is 12.2 Å². The quantitative estimate of drug-likeness (QED) is 0.772. The van der Waals surface area contributed by atoms with Crippen molar-refractivity contribution in [2.75, 3.05) is 20.2 Å². The highest BCUT2D eigenvalue weighted by Gasteiger charge is 2.29. The molecule has 2 N–H and O–H groups in total. The van der Waals surface area contributed by atoms with Gasteiger partial charge in [-0.3, -0.25) is 9.88 Å². The van der Waals surface area contributed by atoms with Crippen LogP contribution >= 0.6 is 0 Å². The van der Waals surface area contributed by atoms with E-state index in [-0.39, 0.29) is 0 Å². The lowest BCUT2D eigenvalue weighted by Crippen LogP contribution is -2.22. The van der Waals surface area contributed by atoms with Crippen LogP contribution in [0.3, 0.4) is 0 Å². The molecule has 5 heteroatoms. The van der Waals surface area contributed by atoms with Gasteiger partial charge in [-0.05, 0) is 6.92 Å². The SMILES string of the molecule is COc1cc(C)nc(CN2C[C@@H](O)[C@@H](O)C2)c1. The number of aromatic nitrogens is 1. The van der Waals surface area contributed by atoms with Gasteiger partial charge in [0.05, 0.1) is 25.0 Å². The van der Waals surface area contributed by atoms with E-state index in [1.165, 1.54) is 0 Å². The molecule has 17 heavy (non-hydrogen) atoms. The zero-order valence-corrected chi connectivity index (χ0v) is 10.1. The molecule has 2 atom stereocenters. The average molecular weight is 238 g/mol. The van der Waals surface area contributed by atoms with Crippen molar-refractivity contribution < 1.29 is 14.9 Å². The third-order valence-electron chi connectivity index (χ3n) is 2.94. The number of nitrogens with zero attached hydrogens (tertiary/aromatic N) is 2. The molecule has 2 heterocycles. The smallest absolute Gasteiger partial charge is 0.122 e. The molecule has 2 rings (SSSR count). The van der Waals surface area contributed by atoms with Crippen LogP contribution in [0.15, 0.2) is 12.1 Å². The minimum absolute atomic E-state index is 0.485. The van der Waals surface area contributed by atoms with Crippen molar-refractivity contribution in [1.29, 1.82) is 0 Å². The van der Waals surface area contributed by atoms with Gasteiger partial charge in [0.25, 0.3) is 0 Å². The van der Waals surface area contributed by atoms with Crippen molar-refractivity contribution in [2.24, 2.45) is 0 Å². The van der Waals surface area contributed by atoms with Gasteiger partial charge in [-0.2, -0.15) is 0 Å². The van der Waals surface area contributed by atoms with Crippen LogP contribution in [0.2, 0.25) is 0 Å². The molecule has 1 saturated heterocycles. The largest absolute Gasteiger partial charge is 0.497 e. The summed E-state index contributed by atoms with van der Waals surface area (Å²) >= 11 is 0. The number of β-amino-alcohol motifs (C(OH)–C–C–N with tert-alkyl or cyclic N) is 2. The van der Waals surface area contributed by atoms with Crippen LogP contribution in [0.1, 0.15) is 11.4 Å². The molecule has 0 amide bonds. The lowest BCUT2D eigenvalue weighted by Gasteiger charge is -2.15. The Morgan fingerprint density at radius 1 is 1.35 bits per heavy atom. The van der Waals surface area contributed by atoms with Crippen LogP contribution in [0, 0.1) is 6.92 Å². The lowest BCUT2D eigenvalue weighted by molar-refractivity contribution is 0.0572. The summed E-state index contributed by atoms with van der Waals surface area (Å²) in [5, 5.41) is 18.9. The number of pyridine rings is 1. The van der Waals surface area contributed by atoms with Crippen molar-refractivity contribution in [2.45, 2.75) is 25.7 Å². The molecule has 1 fully saturated rings. The van der Waals surface area contributed by atoms with Crippen LogP contribution in [0.5, 0.6) is 5.75 Å². The van der Waals surface area contributed by atoms with Gasteiger partial charge < -0.3 is 14.9 Å². The predicted molar refractivity (Wildman–Crippen MR) is 62.8 cm³/mol. The molecule has 0 bridgehead atoms. The number of hydrogen-bond acceptors (Lipinski definition) is 5. The second-order valence-electron chi connectivity index (χ2n) is 4.47. The van der Waals surface area contributed by atoms with Gasteiger partial charge in [0.2, 0.25) is 0 Å². The monoisotopic (exact) mass is 238 g/mol. The summed E-state index contributed by atoms with van der Waals surface area (Å²) in [5.41, 5.74) is 1.79. The fourth-order valence-corrected chi connectivity index (χ4v) is 2.11. The molecular weight excluding hydrogens is 220 g/mol. The van der Waals surface area contributed by atoms with Crippen molar-refractivity contribution >= 4 is 0 Å². The van der Waals surface area contributed by atoms with Crippen molar-refractivity contribution in [1.82, 2.24) is 9.88 Å². The highest BCUT2D eigenvalue weighted by atomic mass is 16.5. The topological polar surface area (TPSA) is 65.8 Å². The molecule has 0 radical (unpaired) electrons. The molecule has 0 unspecified atom stereocenters. The molecule has 1 aromatic rings. The molecule has 0 spiro atoms. The maximum Gasteiger partial charge on any atom is 0.122 e. The van der Waals surface area contributed by atoms with Gasteiger partial charge in [-0.25, -0.2) is 0 Å². The Bertz CT molecular complexity index is 387. The van der Waals surface area contributed by atoms with Crippen molar-refractivity contribution in [3.63, 3.8) is 0 Å². The fourth-order valence-electron chi connectivity index (χ4n) is 2.11. The number of hydrogen-bond donors (Lipinski definition) is 2. The number of aliphatic hydroxyl groups excluding tert-OH is 2. The molecular formula is C12H18N2O3. The highest BCUT2D eigenvalue weighted by Crippen LogP contribution is 2.17. The Balaban J connectivity index is 2.06. The van der Waals surface area contributed by atoms with E-state index in [9.17, 15) is 10.2 Å². The zero-order chi connectivity index (χ0) is 12.4. The molecule has 0 saturated carbocycles. The Kier molecular flexibility index (Phi) is 3.61. The highest BCUT2D eigenvalue weighted by molar-refractivity contribution is 5.26. The molecule has 1 aliphatic heterocycles. The Labute approximate surface area is 101 Å². The van der Waals surface area contributed by atoms with Crippen molar-refractivity contribution in [3.8, 4) is 5.75 Å². The van der Waals surface area contributed by atoms with Gasteiger partial charge >= 0.3 is 0 Å². The maximum atomic E-state index is 9.46. The summed E-state index contributed by atoms with van der Waals surface area (Å²) in [6, 6.07) is 3.75. The second kappa shape index (κ2) is 5.00. The molecule has 94 valence electrons. The van der Waals surface area contributed by atoms with E-state index in [2.05, 4.69) is 4.98 Å². The van der Waals surface area contributed by atoms with Crippen molar-refractivity contribution in [3.05, 3.63) is 23.5 Å². The normalized spacial score (nSPS) is 25.2. The summed E-state index contributed by atoms with van der Waals surface area (Å²) in [5.74, 6) is 0.785. The zero-order valence-electron chi connectivity index (χ0n) is 10.1. The van der Waals surface area contributed by atoms with E-state index in [0.717, 1.165) is 17.1 Å². The van der Waals surface area contributed by atoms with E-state index in [0.29, 0.717) is 19.6 Å². The molecule has 0 aliphatic carbocycles. The Hall–Kier alpha value is -1.17. The molecule has 5 nitrogen and oxygen atoms in total. The van der Waals surface area contributed by atoms with Crippen LogP contribution in [0.4, 0.5) is 0 Å². The third-order valence-corrected chi connectivity index (χ3v) is 2.94. The maximum absolute atomic E-state index is 9.46. The van der Waals surface area contributed by atoms with Gasteiger partial charge in [0.1, 0.15) is 5.75 Å². The number of ether oxygens (including phenoxy) is 1. The summed E-state index contributed by atoms with van der Waals surface area (Å²) in [6.45, 7) is 3.50. The average Bonchev–Trinajstić information content (AvgIpc) is 2.57. The first-order valence-electron chi connectivity index (χ1n) is 5.68. The number of likely N-dealkylation sites (tertiary alicyclic amines) is 1. The van der Waals surface area contributed by atoms with Gasteiger partial charge in [-0.1, -0.05) is 0 Å².